The highest BCUT2D eigenvalue weighted by atomic mass is 127. The molecule has 0 unspecified atom stereocenters. The van der Waals surface area contributed by atoms with Crippen LogP contribution in [-0.4, -0.2) is 8.99 Å². The Hall–Kier alpha value is -1.03. The molecule has 0 saturated heterocycles. The zero-order valence-electron chi connectivity index (χ0n) is 11.7. The molecule has 104 valence electrons. The number of aromatic nitrogens is 1. The molecule has 3 aromatic rings. The first-order valence-corrected chi connectivity index (χ1v) is 8.96. The van der Waals surface area contributed by atoms with Crippen LogP contribution in [0, 0.1) is 0 Å². The topological polar surface area (TPSA) is 4.93 Å². The Balaban J connectivity index is 1.91. The molecule has 2 aromatic carbocycles. The highest BCUT2D eigenvalue weighted by Gasteiger charge is 2.08. The van der Waals surface area contributed by atoms with Gasteiger partial charge >= 0.3 is 0 Å². The number of para-hydroxylation sites is 2. The van der Waals surface area contributed by atoms with E-state index in [4.69, 9.17) is 0 Å². The molecular formula is C18H20IN. The Bertz CT molecular complexity index is 646. The zero-order chi connectivity index (χ0) is 13.8. The maximum atomic E-state index is 2.49. The van der Waals surface area contributed by atoms with Gasteiger partial charge in [0.1, 0.15) is 0 Å². The summed E-state index contributed by atoms with van der Waals surface area (Å²) in [5.74, 6) is 0. The zero-order valence-corrected chi connectivity index (χ0v) is 13.8. The molecule has 2 heteroatoms. The molecule has 1 aromatic heterocycles. The van der Waals surface area contributed by atoms with Gasteiger partial charge < -0.3 is 4.57 Å². The van der Waals surface area contributed by atoms with Crippen molar-refractivity contribution in [2.75, 3.05) is 4.43 Å². The fraction of sp³-hybridized carbons (Fsp3) is 0.333. The van der Waals surface area contributed by atoms with Crippen LogP contribution in [0.3, 0.4) is 0 Å². The van der Waals surface area contributed by atoms with E-state index in [0.717, 1.165) is 6.54 Å². The van der Waals surface area contributed by atoms with Crippen molar-refractivity contribution in [3.05, 3.63) is 48.5 Å². The number of unbranched alkanes of at least 4 members (excludes halogenated alkanes) is 3. The van der Waals surface area contributed by atoms with Gasteiger partial charge in [0.25, 0.3) is 0 Å². The van der Waals surface area contributed by atoms with E-state index in [1.807, 2.05) is 0 Å². The third-order valence-electron chi connectivity index (χ3n) is 3.95. The Kier molecular flexibility index (Phi) is 4.61. The van der Waals surface area contributed by atoms with E-state index < -0.39 is 0 Å². The minimum absolute atomic E-state index is 1.13. The number of rotatable bonds is 6. The summed E-state index contributed by atoms with van der Waals surface area (Å²) in [6.07, 6.45) is 5.33. The highest BCUT2D eigenvalue weighted by molar-refractivity contribution is 14.1. The van der Waals surface area contributed by atoms with Gasteiger partial charge in [-0.25, -0.2) is 0 Å². The van der Waals surface area contributed by atoms with Crippen LogP contribution in [0.4, 0.5) is 0 Å². The summed E-state index contributed by atoms with van der Waals surface area (Å²) in [7, 11) is 0. The lowest BCUT2D eigenvalue weighted by molar-refractivity contribution is 0.605. The van der Waals surface area contributed by atoms with Crippen LogP contribution in [-0.2, 0) is 6.54 Å². The number of benzene rings is 2. The van der Waals surface area contributed by atoms with Crippen LogP contribution in [0.25, 0.3) is 21.8 Å². The SMILES string of the molecule is ICCCCCCn1c2ccccc2c2ccccc21. The molecule has 0 aliphatic carbocycles. The molecule has 0 aliphatic rings. The van der Waals surface area contributed by atoms with Crippen molar-refractivity contribution >= 4 is 44.4 Å². The molecule has 0 saturated carbocycles. The van der Waals surface area contributed by atoms with E-state index in [0.29, 0.717) is 0 Å². The minimum atomic E-state index is 1.13. The average molecular weight is 377 g/mol. The number of hydrogen-bond donors (Lipinski definition) is 0. The van der Waals surface area contributed by atoms with Gasteiger partial charge in [0.05, 0.1) is 0 Å². The number of halogens is 1. The largest absolute Gasteiger partial charge is 0.340 e. The van der Waals surface area contributed by atoms with Crippen molar-refractivity contribution in [1.29, 1.82) is 0 Å². The van der Waals surface area contributed by atoms with Crippen molar-refractivity contribution in [3.8, 4) is 0 Å². The Labute approximate surface area is 134 Å². The summed E-state index contributed by atoms with van der Waals surface area (Å²) < 4.78 is 3.78. The van der Waals surface area contributed by atoms with Gasteiger partial charge in [0.15, 0.2) is 0 Å². The Morgan fingerprint density at radius 1 is 0.700 bits per heavy atom. The van der Waals surface area contributed by atoms with E-state index in [-0.39, 0.29) is 0 Å². The van der Waals surface area contributed by atoms with Crippen LogP contribution in [0.2, 0.25) is 0 Å². The Morgan fingerprint density at radius 3 is 1.85 bits per heavy atom. The molecule has 1 heterocycles. The van der Waals surface area contributed by atoms with Crippen molar-refractivity contribution in [3.63, 3.8) is 0 Å². The molecule has 0 bridgehead atoms. The summed E-state index contributed by atoms with van der Waals surface area (Å²) >= 11 is 2.47. The molecular weight excluding hydrogens is 357 g/mol. The van der Waals surface area contributed by atoms with E-state index in [1.54, 1.807) is 0 Å². The van der Waals surface area contributed by atoms with E-state index in [1.165, 1.54) is 51.9 Å². The van der Waals surface area contributed by atoms with Gasteiger partial charge in [-0.05, 0) is 29.4 Å². The lowest BCUT2D eigenvalue weighted by atomic mass is 10.2. The molecule has 0 N–H and O–H groups in total. The van der Waals surface area contributed by atoms with Crippen molar-refractivity contribution in [2.45, 2.75) is 32.2 Å². The predicted octanol–water partition coefficient (Wildman–Crippen LogP) is 5.79. The molecule has 0 aliphatic heterocycles. The van der Waals surface area contributed by atoms with Gasteiger partial charge in [-0.3, -0.25) is 0 Å². The fourth-order valence-electron chi connectivity index (χ4n) is 2.96. The summed E-state index contributed by atoms with van der Waals surface area (Å²) in [6, 6.07) is 17.6. The van der Waals surface area contributed by atoms with Crippen molar-refractivity contribution in [1.82, 2.24) is 4.57 Å². The quantitative estimate of drug-likeness (QED) is 0.291. The van der Waals surface area contributed by atoms with Crippen LogP contribution in [0.5, 0.6) is 0 Å². The van der Waals surface area contributed by atoms with Gasteiger partial charge in [0, 0.05) is 28.4 Å². The van der Waals surface area contributed by atoms with Crippen LogP contribution in [0.1, 0.15) is 25.7 Å². The first kappa shape index (κ1) is 13.9. The van der Waals surface area contributed by atoms with Gasteiger partial charge in [-0.15, -0.1) is 0 Å². The van der Waals surface area contributed by atoms with Crippen LogP contribution >= 0.6 is 22.6 Å². The first-order valence-electron chi connectivity index (χ1n) is 7.44. The van der Waals surface area contributed by atoms with Gasteiger partial charge in [0.2, 0.25) is 0 Å². The molecule has 1 nitrogen and oxygen atoms in total. The molecule has 20 heavy (non-hydrogen) atoms. The number of hydrogen-bond acceptors (Lipinski definition) is 0. The van der Waals surface area contributed by atoms with Gasteiger partial charge in [-0.2, -0.15) is 0 Å². The minimum Gasteiger partial charge on any atom is -0.340 e. The van der Waals surface area contributed by atoms with Gasteiger partial charge in [-0.1, -0.05) is 71.8 Å². The van der Waals surface area contributed by atoms with Crippen molar-refractivity contribution < 1.29 is 0 Å². The molecule has 3 rings (SSSR count). The molecule has 0 atom stereocenters. The van der Waals surface area contributed by atoms with Crippen LogP contribution in [0.15, 0.2) is 48.5 Å². The number of alkyl halides is 1. The molecule has 0 spiro atoms. The highest BCUT2D eigenvalue weighted by Crippen LogP contribution is 2.29. The van der Waals surface area contributed by atoms with E-state index in [9.17, 15) is 0 Å². The fourth-order valence-corrected chi connectivity index (χ4v) is 3.50. The summed E-state index contributed by atoms with van der Waals surface area (Å²) in [6.45, 7) is 1.13. The second kappa shape index (κ2) is 6.61. The second-order valence-electron chi connectivity index (χ2n) is 5.29. The lowest BCUT2D eigenvalue weighted by Crippen LogP contribution is -1.97. The number of nitrogens with zero attached hydrogens (tertiary/aromatic N) is 1. The summed E-state index contributed by atoms with van der Waals surface area (Å²) in [4.78, 5) is 0. The molecule has 0 fully saturated rings. The summed E-state index contributed by atoms with van der Waals surface area (Å²) in [5, 5.41) is 2.77. The third kappa shape index (κ3) is 2.71. The average Bonchev–Trinajstić information content (AvgIpc) is 2.82. The van der Waals surface area contributed by atoms with Crippen molar-refractivity contribution in [2.24, 2.45) is 0 Å². The second-order valence-corrected chi connectivity index (χ2v) is 6.37. The maximum Gasteiger partial charge on any atom is 0.0491 e. The molecule has 0 amide bonds. The Morgan fingerprint density at radius 2 is 1.25 bits per heavy atom. The smallest absolute Gasteiger partial charge is 0.0491 e. The maximum absolute atomic E-state index is 2.49. The third-order valence-corrected chi connectivity index (χ3v) is 4.71. The first-order chi connectivity index (χ1) is 9.92. The molecule has 0 radical (unpaired) electrons. The lowest BCUT2D eigenvalue weighted by Gasteiger charge is -2.07. The monoisotopic (exact) mass is 377 g/mol. The number of aryl methyl sites for hydroxylation is 1. The van der Waals surface area contributed by atoms with Crippen LogP contribution < -0.4 is 0 Å². The predicted molar refractivity (Wildman–Crippen MR) is 96.8 cm³/mol. The number of fused-ring (bicyclic) bond motifs is 3. The summed E-state index contributed by atoms with van der Waals surface area (Å²) in [5.41, 5.74) is 2.75. The van der Waals surface area contributed by atoms with E-state index >= 15 is 0 Å². The van der Waals surface area contributed by atoms with E-state index in [2.05, 4.69) is 75.7 Å². The standard InChI is InChI=1S/C18H20IN/c19-13-7-1-2-8-14-20-17-11-5-3-9-15(17)16-10-4-6-12-18(16)20/h3-6,9-12H,1-2,7-8,13-14H2. The normalized spacial score (nSPS) is 11.4.